The monoisotopic (exact) mass is 342 g/mol. The SMILES string of the molecule is C[C@@H](CCc1ccccc1)NC(=O)CN1C(=O)[C@H]2CCCC[C@H]2C1=O. The Balaban J connectivity index is 1.48. The van der Waals surface area contributed by atoms with E-state index in [0.717, 1.165) is 38.5 Å². The number of benzene rings is 1. The molecule has 1 aromatic carbocycles. The van der Waals surface area contributed by atoms with Crippen molar-refractivity contribution in [3.05, 3.63) is 35.9 Å². The molecule has 0 unspecified atom stereocenters. The first kappa shape index (κ1) is 17.6. The summed E-state index contributed by atoms with van der Waals surface area (Å²) in [5.74, 6) is -0.932. The van der Waals surface area contributed by atoms with Gasteiger partial charge in [-0.3, -0.25) is 19.3 Å². The van der Waals surface area contributed by atoms with Crippen LogP contribution in [0.1, 0.15) is 44.6 Å². The fourth-order valence-corrected chi connectivity index (χ4v) is 3.95. The Morgan fingerprint density at radius 3 is 2.32 bits per heavy atom. The molecule has 1 saturated carbocycles. The van der Waals surface area contributed by atoms with E-state index in [-0.39, 0.29) is 42.1 Å². The van der Waals surface area contributed by atoms with Gasteiger partial charge in [-0.1, -0.05) is 43.2 Å². The molecule has 0 bridgehead atoms. The van der Waals surface area contributed by atoms with E-state index in [0.29, 0.717) is 0 Å². The van der Waals surface area contributed by atoms with Gasteiger partial charge in [-0.2, -0.15) is 0 Å². The first-order valence-electron chi connectivity index (χ1n) is 9.25. The van der Waals surface area contributed by atoms with Gasteiger partial charge in [0.15, 0.2) is 0 Å². The Morgan fingerprint density at radius 2 is 1.72 bits per heavy atom. The highest BCUT2D eigenvalue weighted by atomic mass is 16.2. The molecule has 2 aliphatic rings. The summed E-state index contributed by atoms with van der Waals surface area (Å²) in [6.45, 7) is 1.81. The van der Waals surface area contributed by atoms with E-state index in [1.165, 1.54) is 10.5 Å². The molecule has 3 atom stereocenters. The minimum Gasteiger partial charge on any atom is -0.352 e. The predicted octanol–water partition coefficient (Wildman–Crippen LogP) is 2.30. The summed E-state index contributed by atoms with van der Waals surface area (Å²) in [5.41, 5.74) is 1.23. The van der Waals surface area contributed by atoms with Crippen molar-refractivity contribution in [2.24, 2.45) is 11.8 Å². The van der Waals surface area contributed by atoms with Gasteiger partial charge in [-0.05, 0) is 38.2 Å². The molecule has 1 aromatic rings. The molecule has 25 heavy (non-hydrogen) atoms. The Bertz CT molecular complexity index is 620. The van der Waals surface area contributed by atoms with Crippen molar-refractivity contribution in [2.75, 3.05) is 6.54 Å². The number of imide groups is 1. The summed E-state index contributed by atoms with van der Waals surface area (Å²) < 4.78 is 0. The zero-order valence-electron chi connectivity index (χ0n) is 14.7. The lowest BCUT2D eigenvalue weighted by molar-refractivity contribution is -0.143. The molecule has 5 heteroatoms. The molecule has 0 aromatic heterocycles. The van der Waals surface area contributed by atoms with Gasteiger partial charge in [0.1, 0.15) is 6.54 Å². The number of hydrogen-bond donors (Lipinski definition) is 1. The van der Waals surface area contributed by atoms with Crippen LogP contribution in [0.25, 0.3) is 0 Å². The first-order valence-corrected chi connectivity index (χ1v) is 9.25. The van der Waals surface area contributed by atoms with Crippen molar-refractivity contribution in [1.82, 2.24) is 10.2 Å². The molecular weight excluding hydrogens is 316 g/mol. The van der Waals surface area contributed by atoms with Crippen LogP contribution in [0.5, 0.6) is 0 Å². The fourth-order valence-electron chi connectivity index (χ4n) is 3.95. The van der Waals surface area contributed by atoms with E-state index in [4.69, 9.17) is 0 Å². The van der Waals surface area contributed by atoms with Gasteiger partial charge in [0.25, 0.3) is 0 Å². The van der Waals surface area contributed by atoms with Crippen molar-refractivity contribution < 1.29 is 14.4 Å². The van der Waals surface area contributed by atoms with Crippen LogP contribution in [-0.4, -0.2) is 35.2 Å². The van der Waals surface area contributed by atoms with E-state index < -0.39 is 0 Å². The number of nitrogens with zero attached hydrogens (tertiary/aromatic N) is 1. The van der Waals surface area contributed by atoms with Gasteiger partial charge < -0.3 is 5.32 Å². The van der Waals surface area contributed by atoms with Crippen molar-refractivity contribution in [3.8, 4) is 0 Å². The van der Waals surface area contributed by atoms with E-state index in [1.807, 2.05) is 25.1 Å². The molecule has 0 spiro atoms. The lowest BCUT2D eigenvalue weighted by Crippen LogP contribution is -2.43. The molecule has 1 N–H and O–H groups in total. The Hall–Kier alpha value is -2.17. The molecular formula is C20H26N2O3. The smallest absolute Gasteiger partial charge is 0.240 e. The van der Waals surface area contributed by atoms with Crippen molar-refractivity contribution in [3.63, 3.8) is 0 Å². The fraction of sp³-hybridized carbons (Fsp3) is 0.550. The number of carbonyl (C=O) groups is 3. The molecule has 1 heterocycles. The van der Waals surface area contributed by atoms with Crippen LogP contribution in [0, 0.1) is 11.8 Å². The lowest BCUT2D eigenvalue weighted by Gasteiger charge is -2.19. The number of amides is 3. The largest absolute Gasteiger partial charge is 0.352 e. The van der Waals surface area contributed by atoms with Crippen LogP contribution in [0.4, 0.5) is 0 Å². The number of nitrogens with one attached hydrogen (secondary N) is 1. The molecule has 1 saturated heterocycles. The molecule has 2 fully saturated rings. The zero-order chi connectivity index (χ0) is 17.8. The minimum atomic E-state index is -0.249. The third-order valence-corrected chi connectivity index (χ3v) is 5.35. The van der Waals surface area contributed by atoms with Crippen LogP contribution >= 0.6 is 0 Å². The predicted molar refractivity (Wildman–Crippen MR) is 94.5 cm³/mol. The standard InChI is InChI=1S/C20H26N2O3/c1-14(11-12-15-7-3-2-4-8-15)21-18(23)13-22-19(24)16-9-5-6-10-17(16)20(22)25/h2-4,7-8,14,16-17H,5-6,9-13H2,1H3,(H,21,23)/t14-,16-,17+/m0/s1. The number of likely N-dealkylation sites (tertiary alicyclic amines) is 1. The van der Waals surface area contributed by atoms with E-state index >= 15 is 0 Å². The topological polar surface area (TPSA) is 66.5 Å². The van der Waals surface area contributed by atoms with Gasteiger partial charge in [-0.15, -0.1) is 0 Å². The number of fused-ring (bicyclic) bond motifs is 1. The molecule has 134 valence electrons. The van der Waals surface area contributed by atoms with Gasteiger partial charge >= 0.3 is 0 Å². The maximum absolute atomic E-state index is 12.4. The highest BCUT2D eigenvalue weighted by Crippen LogP contribution is 2.37. The Kier molecular flexibility index (Phi) is 5.51. The molecule has 5 nitrogen and oxygen atoms in total. The Labute approximate surface area is 148 Å². The van der Waals surface area contributed by atoms with Crippen LogP contribution in [-0.2, 0) is 20.8 Å². The third kappa shape index (κ3) is 4.09. The van der Waals surface area contributed by atoms with Crippen molar-refractivity contribution >= 4 is 17.7 Å². The van der Waals surface area contributed by atoms with Gasteiger partial charge in [0.2, 0.25) is 17.7 Å². The number of carbonyl (C=O) groups excluding carboxylic acids is 3. The van der Waals surface area contributed by atoms with Crippen LogP contribution in [0.2, 0.25) is 0 Å². The quantitative estimate of drug-likeness (QED) is 0.807. The summed E-state index contributed by atoms with van der Waals surface area (Å²) in [6.07, 6.45) is 5.26. The van der Waals surface area contributed by atoms with Crippen molar-refractivity contribution in [2.45, 2.75) is 51.5 Å². The summed E-state index contributed by atoms with van der Waals surface area (Å²) in [7, 11) is 0. The maximum atomic E-state index is 12.4. The molecule has 1 aliphatic carbocycles. The van der Waals surface area contributed by atoms with E-state index in [1.54, 1.807) is 0 Å². The van der Waals surface area contributed by atoms with Crippen LogP contribution < -0.4 is 5.32 Å². The van der Waals surface area contributed by atoms with Crippen molar-refractivity contribution in [1.29, 1.82) is 0 Å². The second kappa shape index (κ2) is 7.81. The molecule has 0 radical (unpaired) electrons. The number of aryl methyl sites for hydroxylation is 1. The second-order valence-corrected chi connectivity index (χ2v) is 7.25. The van der Waals surface area contributed by atoms with Gasteiger partial charge in [-0.25, -0.2) is 0 Å². The molecule has 1 aliphatic heterocycles. The van der Waals surface area contributed by atoms with Gasteiger partial charge in [0.05, 0.1) is 11.8 Å². The normalized spacial score (nSPS) is 24.1. The molecule has 3 amide bonds. The average Bonchev–Trinajstić information content (AvgIpc) is 2.86. The third-order valence-electron chi connectivity index (χ3n) is 5.35. The van der Waals surface area contributed by atoms with E-state index in [9.17, 15) is 14.4 Å². The highest BCUT2D eigenvalue weighted by molar-refractivity contribution is 6.07. The molecule has 3 rings (SSSR count). The van der Waals surface area contributed by atoms with E-state index in [2.05, 4.69) is 17.4 Å². The minimum absolute atomic E-state index is 0.00258. The summed E-state index contributed by atoms with van der Waals surface area (Å²) in [6, 6.07) is 10.1. The maximum Gasteiger partial charge on any atom is 0.240 e. The summed E-state index contributed by atoms with van der Waals surface area (Å²) >= 11 is 0. The highest BCUT2D eigenvalue weighted by Gasteiger charge is 2.48. The Morgan fingerprint density at radius 1 is 1.12 bits per heavy atom. The van der Waals surface area contributed by atoms with Crippen LogP contribution in [0.15, 0.2) is 30.3 Å². The van der Waals surface area contributed by atoms with Crippen LogP contribution in [0.3, 0.4) is 0 Å². The average molecular weight is 342 g/mol. The summed E-state index contributed by atoms with van der Waals surface area (Å²) in [4.78, 5) is 38.3. The summed E-state index contributed by atoms with van der Waals surface area (Å²) in [5, 5.41) is 2.91. The van der Waals surface area contributed by atoms with Gasteiger partial charge in [0, 0.05) is 6.04 Å². The lowest BCUT2D eigenvalue weighted by atomic mass is 9.81. The first-order chi connectivity index (χ1) is 12.1. The zero-order valence-corrected chi connectivity index (χ0v) is 14.7. The second-order valence-electron chi connectivity index (χ2n) is 7.25. The number of hydrogen-bond acceptors (Lipinski definition) is 3. The number of rotatable bonds is 6.